The van der Waals surface area contributed by atoms with E-state index in [1.165, 1.54) is 37.3 Å². The van der Waals surface area contributed by atoms with E-state index in [-0.39, 0.29) is 69.3 Å². The number of rotatable bonds is 27. The number of nitro groups is 1. The normalized spacial score (nSPS) is 17.9. The van der Waals surface area contributed by atoms with Crippen molar-refractivity contribution in [2.75, 3.05) is 6.54 Å². The number of carbonyl (C=O) groups is 1. The number of benzene rings is 1. The maximum atomic E-state index is 11.0. The Kier molecular flexibility index (Phi) is 22.1. The Hall–Kier alpha value is -2.63. The molecular formula is C34H56N2O12. The number of carbonyl (C=O) groups excluding carboxylic acids is 1. The Morgan fingerprint density at radius 2 is 1.17 bits per heavy atom. The van der Waals surface area contributed by atoms with Crippen LogP contribution in [-0.2, 0) is 11.3 Å². The molecule has 0 bridgehead atoms. The van der Waals surface area contributed by atoms with Gasteiger partial charge in [-0.3, -0.25) is 14.9 Å². The predicted molar refractivity (Wildman–Crippen MR) is 179 cm³/mol. The monoisotopic (exact) mass is 684 g/mol. The third kappa shape index (κ3) is 22.1. The van der Waals surface area contributed by atoms with Gasteiger partial charge in [-0.05, 0) is 70.4 Å². The van der Waals surface area contributed by atoms with E-state index in [0.717, 1.165) is 5.56 Å². The second-order valence-electron chi connectivity index (χ2n) is 12.6. The minimum Gasteiger partial charge on any atom is -0.393 e. The fraction of sp³-hybridized carbons (Fsp3) is 0.676. The molecule has 0 aromatic heterocycles. The third-order valence-corrected chi connectivity index (χ3v) is 7.63. The molecule has 1 aromatic rings. The number of nitro benzene ring substituents is 1. The third-order valence-electron chi connectivity index (χ3n) is 7.63. The van der Waals surface area contributed by atoms with Gasteiger partial charge in [0.1, 0.15) is 5.78 Å². The molecular weight excluding hydrogens is 628 g/mol. The van der Waals surface area contributed by atoms with Crippen molar-refractivity contribution in [3.8, 4) is 0 Å². The molecule has 14 nitrogen and oxygen atoms in total. The Bertz CT molecular complexity index is 1090. The highest BCUT2D eigenvalue weighted by molar-refractivity contribution is 5.75. The van der Waals surface area contributed by atoms with Gasteiger partial charge in [-0.15, -0.1) is 0 Å². The summed E-state index contributed by atoms with van der Waals surface area (Å²) in [6.07, 6.45) is -1.53. The van der Waals surface area contributed by atoms with E-state index in [9.17, 15) is 60.9 Å². The van der Waals surface area contributed by atoms with Crippen molar-refractivity contribution in [2.45, 2.75) is 139 Å². The van der Waals surface area contributed by atoms with Crippen molar-refractivity contribution in [3.63, 3.8) is 0 Å². The summed E-state index contributed by atoms with van der Waals surface area (Å²) in [4.78, 5) is 21.3. The van der Waals surface area contributed by atoms with Crippen LogP contribution in [0.4, 0.5) is 5.69 Å². The second kappa shape index (κ2) is 24.5. The summed E-state index contributed by atoms with van der Waals surface area (Å²) in [7, 11) is 0. The van der Waals surface area contributed by atoms with Gasteiger partial charge in [0.2, 0.25) is 0 Å². The average molecular weight is 685 g/mol. The number of hydrogen-bond acceptors (Lipinski definition) is 13. The molecule has 0 saturated carbocycles. The molecule has 0 spiro atoms. The van der Waals surface area contributed by atoms with Crippen LogP contribution in [0.5, 0.6) is 0 Å². The van der Waals surface area contributed by atoms with E-state index in [1.54, 1.807) is 18.2 Å². The van der Waals surface area contributed by atoms with Crippen LogP contribution in [0, 0.1) is 10.1 Å². The molecule has 0 saturated heterocycles. The van der Waals surface area contributed by atoms with Crippen molar-refractivity contribution in [3.05, 3.63) is 64.2 Å². The summed E-state index contributed by atoms with van der Waals surface area (Å²) in [5.74, 6) is -0.203. The molecule has 0 aliphatic heterocycles. The van der Waals surface area contributed by atoms with Gasteiger partial charge >= 0.3 is 0 Å². The standard InChI is InChI=1S/C34H56N2O12/c1-23(37)15-31(43)20-32(44)17-27(39)7-3-8-29(41)19-34(46)21-33(45)18-28(40)6-2-5-26(38)16-30(42)9-4-14-35-22-24-10-12-25(13-11-24)36(47)48/h2-3,6-7,10-13,26-35,38-46H,4-5,8-9,14-22H2,1H3/b6-2+,7-3+. The maximum Gasteiger partial charge on any atom is 0.269 e. The summed E-state index contributed by atoms with van der Waals surface area (Å²) in [6.45, 7) is 2.50. The van der Waals surface area contributed by atoms with Gasteiger partial charge in [0.15, 0.2) is 0 Å². The van der Waals surface area contributed by atoms with Crippen molar-refractivity contribution >= 4 is 11.5 Å². The fourth-order valence-corrected chi connectivity index (χ4v) is 5.20. The summed E-state index contributed by atoms with van der Waals surface area (Å²) in [5.41, 5.74) is 0.939. The lowest BCUT2D eigenvalue weighted by atomic mass is 9.99. The predicted octanol–water partition coefficient (Wildman–Crippen LogP) is 0.925. The Labute approximate surface area is 282 Å². The molecule has 1 rings (SSSR count). The van der Waals surface area contributed by atoms with Crippen molar-refractivity contribution < 1.29 is 55.7 Å². The zero-order valence-electron chi connectivity index (χ0n) is 27.7. The molecule has 0 aliphatic rings. The number of non-ortho nitro benzene ring substituents is 1. The smallest absolute Gasteiger partial charge is 0.269 e. The quantitative estimate of drug-likeness (QED) is 0.0268. The van der Waals surface area contributed by atoms with Crippen LogP contribution in [0.25, 0.3) is 0 Å². The molecule has 48 heavy (non-hydrogen) atoms. The summed E-state index contributed by atoms with van der Waals surface area (Å²) >= 11 is 0. The van der Waals surface area contributed by atoms with Gasteiger partial charge in [-0.1, -0.05) is 36.4 Å². The van der Waals surface area contributed by atoms with Crippen molar-refractivity contribution in [1.29, 1.82) is 0 Å². The molecule has 9 atom stereocenters. The highest BCUT2D eigenvalue weighted by Gasteiger charge is 2.19. The van der Waals surface area contributed by atoms with Gasteiger partial charge in [0.05, 0.1) is 59.9 Å². The van der Waals surface area contributed by atoms with Gasteiger partial charge in [0.25, 0.3) is 5.69 Å². The second-order valence-corrected chi connectivity index (χ2v) is 12.6. The lowest BCUT2D eigenvalue weighted by molar-refractivity contribution is -0.384. The first-order valence-electron chi connectivity index (χ1n) is 16.5. The molecule has 9 unspecified atom stereocenters. The lowest BCUT2D eigenvalue weighted by Crippen LogP contribution is -2.25. The van der Waals surface area contributed by atoms with E-state index in [2.05, 4.69) is 5.32 Å². The van der Waals surface area contributed by atoms with Crippen LogP contribution >= 0.6 is 0 Å². The van der Waals surface area contributed by atoms with Crippen LogP contribution in [-0.4, -0.2) is 118 Å². The Balaban J connectivity index is 2.20. The summed E-state index contributed by atoms with van der Waals surface area (Å²) in [5, 5.41) is 105. The van der Waals surface area contributed by atoms with E-state index in [0.29, 0.717) is 25.9 Å². The number of nitrogens with zero attached hydrogens (tertiary/aromatic N) is 1. The molecule has 0 aliphatic carbocycles. The molecule has 14 heteroatoms. The van der Waals surface area contributed by atoms with Crippen LogP contribution in [0.1, 0.15) is 83.1 Å². The maximum absolute atomic E-state index is 11.0. The van der Waals surface area contributed by atoms with Crippen LogP contribution in [0.2, 0.25) is 0 Å². The number of aliphatic hydroxyl groups excluding tert-OH is 9. The van der Waals surface area contributed by atoms with E-state index >= 15 is 0 Å². The first kappa shape index (κ1) is 43.4. The summed E-state index contributed by atoms with van der Waals surface area (Å²) in [6, 6.07) is 6.26. The Morgan fingerprint density at radius 3 is 1.67 bits per heavy atom. The first-order chi connectivity index (χ1) is 22.6. The number of aliphatic hydroxyl groups is 9. The van der Waals surface area contributed by atoms with E-state index in [1.807, 2.05) is 0 Å². The van der Waals surface area contributed by atoms with Crippen LogP contribution < -0.4 is 5.32 Å². The van der Waals surface area contributed by atoms with Crippen molar-refractivity contribution in [2.24, 2.45) is 0 Å². The zero-order chi connectivity index (χ0) is 36.1. The number of Topliss-reactive ketones (excluding diaryl/α,β-unsaturated/α-hetero) is 1. The van der Waals surface area contributed by atoms with E-state index in [4.69, 9.17) is 0 Å². The minimum atomic E-state index is -1.05. The zero-order valence-corrected chi connectivity index (χ0v) is 27.7. The van der Waals surface area contributed by atoms with Gasteiger partial charge in [-0.2, -0.15) is 0 Å². The molecule has 274 valence electrons. The molecule has 0 fully saturated rings. The van der Waals surface area contributed by atoms with Gasteiger partial charge < -0.3 is 51.3 Å². The molecule has 1 aromatic carbocycles. The van der Waals surface area contributed by atoms with Crippen LogP contribution in [0.3, 0.4) is 0 Å². The average Bonchev–Trinajstić information content (AvgIpc) is 2.96. The molecule has 10 N–H and O–H groups in total. The number of ketones is 1. The number of nitrogens with one attached hydrogen (secondary N) is 1. The number of hydrogen-bond donors (Lipinski definition) is 10. The first-order valence-corrected chi connectivity index (χ1v) is 16.5. The Morgan fingerprint density at radius 1 is 0.708 bits per heavy atom. The van der Waals surface area contributed by atoms with Crippen LogP contribution in [0.15, 0.2) is 48.6 Å². The van der Waals surface area contributed by atoms with E-state index < -0.39 is 59.9 Å². The fourth-order valence-electron chi connectivity index (χ4n) is 5.20. The van der Waals surface area contributed by atoms with Crippen molar-refractivity contribution in [1.82, 2.24) is 5.32 Å². The molecule has 0 heterocycles. The topological polar surface area (TPSA) is 254 Å². The molecule has 0 radical (unpaired) electrons. The SMILES string of the molecule is CC(=O)CC(O)CC(O)CC(O)/C=C/CC(O)CC(O)CC(O)CC(O)/C=C/CC(O)CC(O)CCCNCc1ccc([N+](=O)[O-])cc1. The minimum absolute atomic E-state index is 0.0329. The largest absolute Gasteiger partial charge is 0.393 e. The highest BCUT2D eigenvalue weighted by Crippen LogP contribution is 2.15. The highest BCUT2D eigenvalue weighted by atomic mass is 16.6. The lowest BCUT2D eigenvalue weighted by Gasteiger charge is -2.19. The molecule has 0 amide bonds. The van der Waals surface area contributed by atoms with Gasteiger partial charge in [-0.25, -0.2) is 0 Å². The van der Waals surface area contributed by atoms with Gasteiger partial charge in [0, 0.05) is 37.9 Å². The summed E-state index contributed by atoms with van der Waals surface area (Å²) < 4.78 is 0.